The molecule has 9 heavy (non-hydrogen) atoms. The Morgan fingerprint density at radius 1 is 1.44 bits per heavy atom. The van der Waals surface area contributed by atoms with Crippen molar-refractivity contribution in [2.75, 3.05) is 0 Å². The molecule has 3 nitrogen and oxygen atoms in total. The number of rotatable bonds is 2. The van der Waals surface area contributed by atoms with Crippen molar-refractivity contribution in [2.45, 2.75) is 13.8 Å². The number of allylic oxidation sites excluding steroid dienone is 2. The molecular weight excluding hydrogens is 229 g/mol. The first-order chi connectivity index (χ1) is 4.22. The van der Waals surface area contributed by atoms with Crippen LogP contribution in [0.15, 0.2) is 21.5 Å². The lowest BCUT2D eigenvalue weighted by atomic mass is 10.4. The summed E-state index contributed by atoms with van der Waals surface area (Å²) in [6.07, 6.45) is 0. The number of halogens is 1. The lowest BCUT2D eigenvalue weighted by Crippen LogP contribution is -1.73. The van der Waals surface area contributed by atoms with Gasteiger partial charge in [-0.15, -0.1) is 0 Å². The van der Waals surface area contributed by atoms with E-state index in [1.165, 1.54) is 0 Å². The van der Waals surface area contributed by atoms with E-state index < -0.39 is 0 Å². The molecule has 0 heterocycles. The van der Waals surface area contributed by atoms with Crippen molar-refractivity contribution < 1.29 is 0 Å². The largest absolute Gasteiger partial charge is 0.253 e. The van der Waals surface area contributed by atoms with Gasteiger partial charge in [-0.2, -0.15) is 5.11 Å². The van der Waals surface area contributed by atoms with Crippen LogP contribution in [0.4, 0.5) is 0 Å². The van der Waals surface area contributed by atoms with Crippen LogP contribution in [0.2, 0.25) is 0 Å². The Balaban J connectivity index is 4.27. The van der Waals surface area contributed by atoms with Gasteiger partial charge in [0.1, 0.15) is 0 Å². The van der Waals surface area contributed by atoms with Crippen molar-refractivity contribution in [1.29, 1.82) is 5.53 Å². The summed E-state index contributed by atoms with van der Waals surface area (Å²) in [5.41, 5.74) is 8.05. The summed E-state index contributed by atoms with van der Waals surface area (Å²) in [5.74, 6) is 0. The zero-order valence-corrected chi connectivity index (χ0v) is 7.51. The fourth-order valence-electron chi connectivity index (χ4n) is 0.248. The predicted octanol–water partition coefficient (Wildman–Crippen LogP) is 2.73. The van der Waals surface area contributed by atoms with Crippen LogP contribution in [-0.4, -0.2) is 4.22 Å². The molecule has 0 rings (SSSR count). The highest BCUT2D eigenvalue weighted by Gasteiger charge is 1.88. The molecule has 0 bridgehead atoms. The van der Waals surface area contributed by atoms with E-state index in [4.69, 9.17) is 5.53 Å². The molecule has 0 aromatic rings. The van der Waals surface area contributed by atoms with Gasteiger partial charge in [-0.05, 0) is 36.4 Å². The Kier molecular flexibility index (Phi) is 4.47. The van der Waals surface area contributed by atoms with Gasteiger partial charge in [0, 0.05) is 0 Å². The molecule has 0 saturated carbocycles. The molecule has 0 radical (unpaired) electrons. The topological polar surface area (TPSA) is 48.6 Å². The van der Waals surface area contributed by atoms with Crippen LogP contribution in [0.25, 0.3) is 0 Å². The van der Waals surface area contributed by atoms with Crippen molar-refractivity contribution in [3.05, 3.63) is 11.4 Å². The molecule has 0 unspecified atom stereocenters. The fraction of sp³-hybridized carbons (Fsp3) is 0.400. The maximum absolute atomic E-state index is 6.61. The van der Waals surface area contributed by atoms with Gasteiger partial charge >= 0.3 is 0 Å². The van der Waals surface area contributed by atoms with E-state index in [-0.39, 0.29) is 0 Å². The summed E-state index contributed by atoms with van der Waals surface area (Å²) in [6, 6.07) is 0. The maximum Gasteiger partial charge on any atom is 0.0804 e. The average Bonchev–Trinajstić information content (AvgIpc) is 1.87. The van der Waals surface area contributed by atoms with E-state index >= 15 is 0 Å². The van der Waals surface area contributed by atoms with Crippen LogP contribution in [0, 0.1) is 5.53 Å². The highest BCUT2D eigenvalue weighted by atomic mass is 127. The third kappa shape index (κ3) is 3.34. The van der Waals surface area contributed by atoms with Gasteiger partial charge in [0.05, 0.1) is 15.6 Å². The molecule has 0 aliphatic heterocycles. The molecular formula is C5H8IN3. The lowest BCUT2D eigenvalue weighted by molar-refractivity contribution is 1.02. The Bertz CT molecular complexity index is 160. The molecule has 0 aromatic heterocycles. The highest BCUT2D eigenvalue weighted by molar-refractivity contribution is 14.1. The van der Waals surface area contributed by atoms with E-state index in [0.717, 1.165) is 5.70 Å². The zero-order valence-electron chi connectivity index (χ0n) is 5.35. The maximum atomic E-state index is 6.61. The van der Waals surface area contributed by atoms with Gasteiger partial charge in [-0.25, -0.2) is 5.53 Å². The zero-order chi connectivity index (χ0) is 7.28. The molecule has 0 fully saturated rings. The number of hydrogen-bond acceptors (Lipinski definition) is 3. The molecule has 0 aromatic carbocycles. The Labute approximate surface area is 67.9 Å². The second-order valence-electron chi connectivity index (χ2n) is 1.51. The monoisotopic (exact) mass is 237 g/mol. The molecule has 0 aliphatic rings. The van der Waals surface area contributed by atoms with Crippen LogP contribution < -0.4 is 0 Å². The minimum Gasteiger partial charge on any atom is -0.253 e. The average molecular weight is 237 g/mol. The number of aliphatic imine (C=N–C) groups is 1. The van der Waals surface area contributed by atoms with Gasteiger partial charge in [0.15, 0.2) is 0 Å². The fourth-order valence-corrected chi connectivity index (χ4v) is 0.665. The highest BCUT2D eigenvalue weighted by Crippen LogP contribution is 2.04. The second-order valence-corrected chi connectivity index (χ2v) is 2.07. The summed E-state index contributed by atoms with van der Waals surface area (Å²) in [6.45, 7) is 3.58. The van der Waals surface area contributed by atoms with E-state index in [1.54, 1.807) is 11.1 Å². The molecule has 0 atom stereocenters. The summed E-state index contributed by atoms with van der Waals surface area (Å²) in [7, 11) is 0. The molecule has 50 valence electrons. The van der Waals surface area contributed by atoms with E-state index in [9.17, 15) is 0 Å². The van der Waals surface area contributed by atoms with Crippen molar-refractivity contribution in [2.24, 2.45) is 10.1 Å². The standard InChI is InChI=1S/C5H8IN3/c1-4(8-3-6)5(2)9-7/h3,7H,1-2H3/b5-4-,8-3?,9-7?. The summed E-state index contributed by atoms with van der Waals surface area (Å²) < 4.78 is 1.65. The van der Waals surface area contributed by atoms with Crippen molar-refractivity contribution in [3.8, 4) is 0 Å². The summed E-state index contributed by atoms with van der Waals surface area (Å²) >= 11 is 2.02. The number of hydrogen-bond donors (Lipinski definition) is 1. The summed E-state index contributed by atoms with van der Waals surface area (Å²) in [4.78, 5) is 3.92. The first-order valence-corrected chi connectivity index (χ1v) is 3.64. The lowest BCUT2D eigenvalue weighted by Gasteiger charge is -1.90. The second kappa shape index (κ2) is 4.60. The smallest absolute Gasteiger partial charge is 0.0804 e. The first-order valence-electron chi connectivity index (χ1n) is 2.40. The van der Waals surface area contributed by atoms with Crippen LogP contribution in [0.1, 0.15) is 13.8 Å². The Morgan fingerprint density at radius 3 is 2.33 bits per heavy atom. The van der Waals surface area contributed by atoms with Crippen molar-refractivity contribution in [3.63, 3.8) is 0 Å². The third-order valence-electron chi connectivity index (χ3n) is 0.934. The first kappa shape index (κ1) is 8.74. The SMILES string of the molecule is C/C(N=N)=C(\C)N=CI. The van der Waals surface area contributed by atoms with E-state index in [1.807, 2.05) is 29.5 Å². The van der Waals surface area contributed by atoms with Crippen LogP contribution in [0.5, 0.6) is 0 Å². The van der Waals surface area contributed by atoms with Gasteiger partial charge in [-0.3, -0.25) is 4.99 Å². The minimum atomic E-state index is 0.655. The van der Waals surface area contributed by atoms with E-state index in [0.29, 0.717) is 5.70 Å². The molecule has 0 amide bonds. The number of nitrogens with one attached hydrogen (secondary N) is 1. The normalized spacial score (nSPS) is 13.7. The Hall–Kier alpha value is -0.260. The molecule has 1 N–H and O–H groups in total. The third-order valence-corrected chi connectivity index (χ3v) is 1.21. The molecule has 0 saturated heterocycles. The van der Waals surface area contributed by atoms with Gasteiger partial charge in [0.25, 0.3) is 0 Å². The molecule has 4 heteroatoms. The van der Waals surface area contributed by atoms with Crippen LogP contribution in [0.3, 0.4) is 0 Å². The van der Waals surface area contributed by atoms with Crippen LogP contribution >= 0.6 is 22.6 Å². The predicted molar refractivity (Wildman–Crippen MR) is 46.0 cm³/mol. The molecule has 0 aliphatic carbocycles. The van der Waals surface area contributed by atoms with E-state index in [2.05, 4.69) is 10.1 Å². The Morgan fingerprint density at radius 2 is 2.00 bits per heavy atom. The van der Waals surface area contributed by atoms with Gasteiger partial charge in [-0.1, -0.05) is 0 Å². The quantitative estimate of drug-likeness (QED) is 0.436. The van der Waals surface area contributed by atoms with Gasteiger partial charge in [0.2, 0.25) is 0 Å². The van der Waals surface area contributed by atoms with Crippen molar-refractivity contribution in [1.82, 2.24) is 0 Å². The minimum absolute atomic E-state index is 0.655. The number of nitrogens with zero attached hydrogens (tertiary/aromatic N) is 2. The van der Waals surface area contributed by atoms with Crippen molar-refractivity contribution >= 4 is 26.8 Å². The summed E-state index contributed by atoms with van der Waals surface area (Å²) in [5, 5.41) is 3.22. The molecule has 0 spiro atoms. The van der Waals surface area contributed by atoms with Crippen LogP contribution in [-0.2, 0) is 0 Å². The van der Waals surface area contributed by atoms with Gasteiger partial charge < -0.3 is 0 Å².